The van der Waals surface area contributed by atoms with Gasteiger partial charge < -0.3 is 19.5 Å². The van der Waals surface area contributed by atoms with Crippen molar-refractivity contribution in [1.82, 2.24) is 9.97 Å². The maximum absolute atomic E-state index is 12.7. The number of rotatable bonds is 9. The fourth-order valence-corrected chi connectivity index (χ4v) is 4.24. The molecule has 2 aromatic carbocycles. The zero-order chi connectivity index (χ0) is 26.5. The van der Waals surface area contributed by atoms with Gasteiger partial charge in [0.2, 0.25) is 0 Å². The number of nitrogens with one attached hydrogen (secondary N) is 1. The summed E-state index contributed by atoms with van der Waals surface area (Å²) in [7, 11) is 1.64. The molecule has 4 rings (SSSR count). The van der Waals surface area contributed by atoms with Crippen LogP contribution < -0.4 is 10.1 Å². The highest BCUT2D eigenvalue weighted by atomic mass is 16.6. The van der Waals surface area contributed by atoms with Crippen LogP contribution in [0.15, 0.2) is 42.5 Å². The first-order chi connectivity index (χ1) is 17.8. The van der Waals surface area contributed by atoms with Gasteiger partial charge in [0, 0.05) is 17.7 Å². The molecule has 0 spiro atoms. The van der Waals surface area contributed by atoms with E-state index in [1.165, 1.54) is 24.3 Å². The first-order valence-electron chi connectivity index (χ1n) is 12.2. The number of hydrogen-bond acceptors (Lipinski definition) is 9. The summed E-state index contributed by atoms with van der Waals surface area (Å²) in [6, 6.07) is 10.9. The summed E-state index contributed by atoms with van der Waals surface area (Å²) in [6.07, 6.45) is 0.789. The van der Waals surface area contributed by atoms with Crippen molar-refractivity contribution in [3.05, 3.63) is 75.1 Å². The second-order valence-corrected chi connectivity index (χ2v) is 8.74. The number of nitrogens with zero attached hydrogens (tertiary/aromatic N) is 3. The van der Waals surface area contributed by atoms with Gasteiger partial charge in [-0.25, -0.2) is 14.8 Å². The highest BCUT2D eigenvalue weighted by Crippen LogP contribution is 2.30. The van der Waals surface area contributed by atoms with Crippen LogP contribution in [0.2, 0.25) is 0 Å². The lowest BCUT2D eigenvalue weighted by Crippen LogP contribution is -2.36. The number of non-ortho nitro benzene ring substituents is 1. The number of nitro benzene ring substituents is 1. The van der Waals surface area contributed by atoms with E-state index >= 15 is 0 Å². The van der Waals surface area contributed by atoms with Crippen molar-refractivity contribution in [1.29, 1.82) is 0 Å². The monoisotopic (exact) mass is 506 g/mol. The fourth-order valence-electron chi connectivity index (χ4n) is 4.24. The lowest BCUT2D eigenvalue weighted by Gasteiger charge is -2.22. The van der Waals surface area contributed by atoms with Crippen LogP contribution in [0.4, 0.5) is 11.5 Å². The van der Waals surface area contributed by atoms with Gasteiger partial charge in [0.25, 0.3) is 5.69 Å². The second kappa shape index (κ2) is 11.3. The maximum Gasteiger partial charge on any atom is 0.338 e. The minimum Gasteiger partial charge on any atom is -0.497 e. The van der Waals surface area contributed by atoms with Crippen LogP contribution >= 0.6 is 0 Å². The van der Waals surface area contributed by atoms with Gasteiger partial charge in [-0.1, -0.05) is 13.8 Å². The maximum atomic E-state index is 12.7. The Morgan fingerprint density at radius 2 is 1.84 bits per heavy atom. The minimum absolute atomic E-state index is 0.0917. The SMILES string of the molecule is CCc1nc(-c2ccc(OC)cc2C)c(CC)nc1N[C@H]1COCC1OC(=O)c1ccc([N+](=O)[O-])cc1. The summed E-state index contributed by atoms with van der Waals surface area (Å²) >= 11 is 0. The number of aromatic nitrogens is 2. The van der Waals surface area contributed by atoms with Gasteiger partial charge in [-0.15, -0.1) is 0 Å². The van der Waals surface area contributed by atoms with Gasteiger partial charge in [-0.2, -0.15) is 0 Å². The van der Waals surface area contributed by atoms with Gasteiger partial charge in [-0.05, 0) is 55.7 Å². The van der Waals surface area contributed by atoms with Gasteiger partial charge in [0.1, 0.15) is 17.7 Å². The van der Waals surface area contributed by atoms with Crippen molar-refractivity contribution in [3.63, 3.8) is 0 Å². The Labute approximate surface area is 215 Å². The molecule has 2 heterocycles. The molecular weight excluding hydrogens is 476 g/mol. The normalized spacial score (nSPS) is 16.9. The van der Waals surface area contributed by atoms with Crippen molar-refractivity contribution in [2.24, 2.45) is 0 Å². The molecule has 10 nitrogen and oxygen atoms in total. The molecule has 1 unspecified atom stereocenters. The third-order valence-electron chi connectivity index (χ3n) is 6.32. The number of carbonyl (C=O) groups is 1. The Morgan fingerprint density at radius 3 is 2.46 bits per heavy atom. The molecular formula is C27H30N4O6. The largest absolute Gasteiger partial charge is 0.497 e. The average molecular weight is 507 g/mol. The summed E-state index contributed by atoms with van der Waals surface area (Å²) in [4.78, 5) is 32.9. The summed E-state index contributed by atoms with van der Waals surface area (Å²) in [6.45, 7) is 6.65. The first-order valence-corrected chi connectivity index (χ1v) is 12.2. The highest BCUT2D eigenvalue weighted by molar-refractivity contribution is 5.89. The predicted octanol–water partition coefficient (Wildman–Crippen LogP) is 4.53. The topological polar surface area (TPSA) is 126 Å². The zero-order valence-corrected chi connectivity index (χ0v) is 21.3. The van der Waals surface area contributed by atoms with E-state index in [9.17, 15) is 14.9 Å². The molecule has 0 saturated carbocycles. The van der Waals surface area contributed by atoms with E-state index in [-0.39, 0.29) is 23.9 Å². The summed E-state index contributed by atoms with van der Waals surface area (Å²) in [5.41, 5.74) is 4.69. The quantitative estimate of drug-likeness (QED) is 0.253. The third kappa shape index (κ3) is 5.69. The molecule has 37 heavy (non-hydrogen) atoms. The number of benzene rings is 2. The summed E-state index contributed by atoms with van der Waals surface area (Å²) in [5, 5.41) is 14.3. The fraction of sp³-hybridized carbons (Fsp3) is 0.370. The van der Waals surface area contributed by atoms with Crippen LogP contribution in [0.1, 0.15) is 41.2 Å². The number of ether oxygens (including phenoxy) is 3. The van der Waals surface area contributed by atoms with Gasteiger partial charge in [0.15, 0.2) is 0 Å². The molecule has 1 aliphatic rings. The number of methoxy groups -OCH3 is 1. The Kier molecular flexibility index (Phi) is 7.98. The Balaban J connectivity index is 1.55. The number of hydrogen-bond donors (Lipinski definition) is 1. The third-order valence-corrected chi connectivity index (χ3v) is 6.32. The Hall–Kier alpha value is -4.05. The van der Waals surface area contributed by atoms with Crippen LogP contribution in [0.5, 0.6) is 5.75 Å². The van der Waals surface area contributed by atoms with Gasteiger partial charge in [-0.3, -0.25) is 10.1 Å². The molecule has 0 amide bonds. The van der Waals surface area contributed by atoms with E-state index in [1.54, 1.807) is 7.11 Å². The van der Waals surface area contributed by atoms with Crippen molar-refractivity contribution in [3.8, 4) is 17.0 Å². The Bertz CT molecular complexity index is 1290. The predicted molar refractivity (Wildman–Crippen MR) is 138 cm³/mol. The molecule has 1 aliphatic heterocycles. The van der Waals surface area contributed by atoms with E-state index in [1.807, 2.05) is 39.0 Å². The molecule has 1 fully saturated rings. The number of anilines is 1. The highest BCUT2D eigenvalue weighted by Gasteiger charge is 2.33. The smallest absolute Gasteiger partial charge is 0.338 e. The molecule has 1 N–H and O–H groups in total. The minimum atomic E-state index is -0.571. The molecule has 0 aliphatic carbocycles. The average Bonchev–Trinajstić information content (AvgIpc) is 3.34. The number of carbonyl (C=O) groups excluding carboxylic acids is 1. The van der Waals surface area contributed by atoms with E-state index in [2.05, 4.69) is 5.32 Å². The second-order valence-electron chi connectivity index (χ2n) is 8.74. The van der Waals surface area contributed by atoms with Crippen molar-refractivity contribution >= 4 is 17.5 Å². The van der Waals surface area contributed by atoms with Crippen LogP contribution in [0, 0.1) is 17.0 Å². The van der Waals surface area contributed by atoms with Crippen LogP contribution in [-0.4, -0.2) is 53.3 Å². The van der Waals surface area contributed by atoms with E-state index in [4.69, 9.17) is 24.2 Å². The van der Waals surface area contributed by atoms with E-state index in [0.717, 1.165) is 34.0 Å². The molecule has 0 bridgehead atoms. The lowest BCUT2D eigenvalue weighted by atomic mass is 10.0. The lowest BCUT2D eigenvalue weighted by molar-refractivity contribution is -0.384. The zero-order valence-electron chi connectivity index (χ0n) is 21.3. The van der Waals surface area contributed by atoms with Crippen LogP contribution in [0.25, 0.3) is 11.3 Å². The van der Waals surface area contributed by atoms with E-state index in [0.29, 0.717) is 25.3 Å². The van der Waals surface area contributed by atoms with Crippen molar-refractivity contribution < 1.29 is 23.9 Å². The molecule has 3 aromatic rings. The molecule has 2 atom stereocenters. The molecule has 1 aromatic heterocycles. The number of aryl methyl sites for hydroxylation is 3. The molecule has 194 valence electrons. The summed E-state index contributed by atoms with van der Waals surface area (Å²) < 4.78 is 16.6. The van der Waals surface area contributed by atoms with Gasteiger partial charge in [0.05, 0.1) is 53.9 Å². The van der Waals surface area contributed by atoms with Gasteiger partial charge >= 0.3 is 5.97 Å². The van der Waals surface area contributed by atoms with Crippen LogP contribution in [-0.2, 0) is 22.3 Å². The van der Waals surface area contributed by atoms with Crippen LogP contribution in [0.3, 0.4) is 0 Å². The van der Waals surface area contributed by atoms with Crippen molar-refractivity contribution in [2.75, 3.05) is 25.6 Å². The number of nitro groups is 1. The molecule has 10 heteroatoms. The summed E-state index contributed by atoms with van der Waals surface area (Å²) in [5.74, 6) is 0.858. The Morgan fingerprint density at radius 1 is 1.11 bits per heavy atom. The van der Waals surface area contributed by atoms with Crippen molar-refractivity contribution in [2.45, 2.75) is 45.8 Å². The molecule has 1 saturated heterocycles. The standard InChI is InChI=1S/C27H30N4O6/c1-5-21-25(20-12-11-19(35-4)13-16(20)3)28-22(6-2)26(29-21)30-23-14-36-15-24(23)37-27(32)17-7-9-18(10-8-17)31(33)34/h7-13,23-24H,5-6,14-15H2,1-4H3,(H,29,30)/t23-,24?/m0/s1. The first kappa shape index (κ1) is 26.0. The molecule has 0 radical (unpaired) electrons. The number of esters is 1. The van der Waals surface area contributed by atoms with E-state index < -0.39 is 17.0 Å².